The van der Waals surface area contributed by atoms with Crippen molar-refractivity contribution in [1.29, 1.82) is 0 Å². The van der Waals surface area contributed by atoms with Gasteiger partial charge < -0.3 is 20.9 Å². The number of nitrogens with zero attached hydrogens (tertiary/aromatic N) is 2. The van der Waals surface area contributed by atoms with Crippen LogP contribution in [0.25, 0.3) is 0 Å². The highest BCUT2D eigenvalue weighted by Gasteiger charge is 2.25. The largest absolute Gasteiger partial charge is 0.385 e. The van der Waals surface area contributed by atoms with E-state index in [1.807, 2.05) is 30.0 Å². The fourth-order valence-corrected chi connectivity index (χ4v) is 2.90. The molecule has 1 atom stereocenters. The number of amides is 1. The predicted octanol–water partition coefficient (Wildman–Crippen LogP) is 2.67. The Morgan fingerprint density at radius 3 is 2.73 bits per heavy atom. The molecule has 2 rings (SSSR count). The molecule has 0 saturated carbocycles. The zero-order chi connectivity index (χ0) is 17.9. The maximum absolute atomic E-state index is 11.8. The first kappa shape index (κ1) is 22.5. The first-order valence-electron chi connectivity index (χ1n) is 9.34. The molecule has 6 nitrogen and oxygen atoms in total. The van der Waals surface area contributed by atoms with E-state index in [1.165, 1.54) is 0 Å². The summed E-state index contributed by atoms with van der Waals surface area (Å²) in [5.41, 5.74) is 1.14. The lowest BCUT2D eigenvalue weighted by molar-refractivity contribution is -0.129. The van der Waals surface area contributed by atoms with E-state index in [-0.39, 0.29) is 35.9 Å². The van der Waals surface area contributed by atoms with Crippen LogP contribution in [0, 0.1) is 0 Å². The van der Waals surface area contributed by atoms with E-state index in [4.69, 9.17) is 0 Å². The van der Waals surface area contributed by atoms with Crippen molar-refractivity contribution in [2.24, 2.45) is 4.99 Å². The lowest BCUT2D eigenvalue weighted by atomic mass is 10.3. The Morgan fingerprint density at radius 2 is 2.04 bits per heavy atom. The van der Waals surface area contributed by atoms with Crippen LogP contribution in [-0.4, -0.2) is 55.5 Å². The van der Waals surface area contributed by atoms with Gasteiger partial charge in [0.1, 0.15) is 0 Å². The van der Waals surface area contributed by atoms with Gasteiger partial charge in [-0.3, -0.25) is 9.79 Å². The van der Waals surface area contributed by atoms with E-state index in [2.05, 4.69) is 40.0 Å². The number of anilines is 1. The third-order valence-electron chi connectivity index (χ3n) is 4.24. The second-order valence-electron chi connectivity index (χ2n) is 6.23. The Morgan fingerprint density at radius 1 is 1.27 bits per heavy atom. The number of guanidine groups is 1. The molecular weight excluding hydrogens is 441 g/mol. The summed E-state index contributed by atoms with van der Waals surface area (Å²) in [4.78, 5) is 18.4. The summed E-state index contributed by atoms with van der Waals surface area (Å²) in [7, 11) is 0. The van der Waals surface area contributed by atoms with Crippen LogP contribution in [0.15, 0.2) is 35.3 Å². The van der Waals surface area contributed by atoms with Crippen molar-refractivity contribution in [2.75, 3.05) is 38.0 Å². The topological polar surface area (TPSA) is 68.8 Å². The Labute approximate surface area is 174 Å². The summed E-state index contributed by atoms with van der Waals surface area (Å²) in [6.07, 6.45) is 2.53. The summed E-state index contributed by atoms with van der Waals surface area (Å²) < 4.78 is 0. The number of likely N-dealkylation sites (tertiary alicyclic amines) is 1. The zero-order valence-corrected chi connectivity index (χ0v) is 18.2. The van der Waals surface area contributed by atoms with Crippen LogP contribution in [0.5, 0.6) is 0 Å². The Bertz CT molecular complexity index is 552. The monoisotopic (exact) mass is 473 g/mol. The van der Waals surface area contributed by atoms with Crippen LogP contribution in [0.4, 0.5) is 5.69 Å². The van der Waals surface area contributed by atoms with E-state index < -0.39 is 0 Å². The number of benzene rings is 1. The predicted molar refractivity (Wildman–Crippen MR) is 119 cm³/mol. The molecule has 0 aromatic heterocycles. The molecule has 1 aromatic carbocycles. The van der Waals surface area contributed by atoms with Gasteiger partial charge in [0.15, 0.2) is 5.96 Å². The molecule has 3 N–H and O–H groups in total. The van der Waals surface area contributed by atoms with Crippen LogP contribution in [0.3, 0.4) is 0 Å². The smallest absolute Gasteiger partial charge is 0.222 e. The summed E-state index contributed by atoms with van der Waals surface area (Å²) in [5, 5.41) is 10.1. The average Bonchev–Trinajstić information content (AvgIpc) is 3.10. The van der Waals surface area contributed by atoms with E-state index in [0.29, 0.717) is 6.42 Å². The minimum absolute atomic E-state index is 0. The van der Waals surface area contributed by atoms with Gasteiger partial charge in [-0.25, -0.2) is 0 Å². The van der Waals surface area contributed by atoms with Crippen LogP contribution in [0.1, 0.15) is 33.1 Å². The maximum Gasteiger partial charge on any atom is 0.222 e. The standard InChI is InChI=1S/C19H31N5O.HI/c1-3-18(25)24-14-11-17(15-24)23-19(20-4-2)22-13-8-12-21-16-9-6-5-7-10-16;/h5-7,9-10,17,21H,3-4,8,11-15H2,1-2H3,(H2,20,22,23);1H. The Kier molecular flexibility index (Phi) is 11.1. The molecule has 1 saturated heterocycles. The van der Waals surface area contributed by atoms with Crippen molar-refractivity contribution in [3.05, 3.63) is 30.3 Å². The molecule has 1 fully saturated rings. The van der Waals surface area contributed by atoms with E-state index >= 15 is 0 Å². The van der Waals surface area contributed by atoms with Gasteiger partial charge in [-0.05, 0) is 31.9 Å². The molecule has 1 aromatic rings. The highest BCUT2D eigenvalue weighted by atomic mass is 127. The number of para-hydroxylation sites is 1. The second-order valence-corrected chi connectivity index (χ2v) is 6.23. The van der Waals surface area contributed by atoms with Crippen molar-refractivity contribution in [3.63, 3.8) is 0 Å². The van der Waals surface area contributed by atoms with Gasteiger partial charge >= 0.3 is 0 Å². The fraction of sp³-hybridized carbons (Fsp3) is 0.579. The van der Waals surface area contributed by atoms with Gasteiger partial charge in [-0.15, -0.1) is 24.0 Å². The lowest BCUT2D eigenvalue weighted by Crippen LogP contribution is -2.45. The zero-order valence-electron chi connectivity index (χ0n) is 15.8. The number of rotatable bonds is 8. The van der Waals surface area contributed by atoms with Gasteiger partial charge in [0.05, 0.1) is 0 Å². The molecule has 1 amide bonds. The first-order chi connectivity index (χ1) is 12.2. The number of aliphatic imine (C=N–C) groups is 1. The molecule has 0 radical (unpaired) electrons. The van der Waals surface area contributed by atoms with Crippen molar-refractivity contribution in [1.82, 2.24) is 15.5 Å². The lowest BCUT2D eigenvalue weighted by Gasteiger charge is -2.18. The third kappa shape index (κ3) is 7.80. The van der Waals surface area contributed by atoms with Gasteiger partial charge in [0.25, 0.3) is 0 Å². The van der Waals surface area contributed by atoms with Crippen LogP contribution < -0.4 is 16.0 Å². The minimum Gasteiger partial charge on any atom is -0.385 e. The third-order valence-corrected chi connectivity index (χ3v) is 4.24. The molecule has 1 unspecified atom stereocenters. The minimum atomic E-state index is 0. The molecule has 1 aliphatic rings. The molecule has 0 aliphatic carbocycles. The van der Waals surface area contributed by atoms with Gasteiger partial charge in [0.2, 0.25) is 5.91 Å². The molecule has 7 heteroatoms. The molecular formula is C19H32IN5O. The molecule has 0 spiro atoms. The highest BCUT2D eigenvalue weighted by Crippen LogP contribution is 2.10. The number of hydrogen-bond donors (Lipinski definition) is 3. The SMILES string of the molecule is CCNC(=NCCCNc1ccccc1)NC1CCN(C(=O)CC)C1.I. The number of carbonyl (C=O) groups excluding carboxylic acids is 1. The van der Waals surface area contributed by atoms with Gasteiger partial charge in [0, 0.05) is 50.9 Å². The summed E-state index contributed by atoms with van der Waals surface area (Å²) >= 11 is 0. The summed E-state index contributed by atoms with van der Waals surface area (Å²) in [5.74, 6) is 1.08. The van der Waals surface area contributed by atoms with Gasteiger partial charge in [-0.1, -0.05) is 25.1 Å². The second kappa shape index (κ2) is 12.8. The van der Waals surface area contributed by atoms with Crippen molar-refractivity contribution >= 4 is 41.5 Å². The van der Waals surface area contributed by atoms with Crippen molar-refractivity contribution in [2.45, 2.75) is 39.2 Å². The average molecular weight is 473 g/mol. The molecule has 1 heterocycles. The molecule has 146 valence electrons. The quantitative estimate of drug-likeness (QED) is 0.235. The van der Waals surface area contributed by atoms with Crippen molar-refractivity contribution in [3.8, 4) is 0 Å². The van der Waals surface area contributed by atoms with E-state index in [0.717, 1.165) is 57.2 Å². The summed E-state index contributed by atoms with van der Waals surface area (Å²) in [6, 6.07) is 10.5. The van der Waals surface area contributed by atoms with Crippen LogP contribution >= 0.6 is 24.0 Å². The van der Waals surface area contributed by atoms with E-state index in [1.54, 1.807) is 0 Å². The Balaban J connectivity index is 0.00000338. The normalized spacial score (nSPS) is 16.8. The number of halogens is 1. The number of hydrogen-bond acceptors (Lipinski definition) is 3. The van der Waals surface area contributed by atoms with Crippen molar-refractivity contribution < 1.29 is 4.79 Å². The maximum atomic E-state index is 11.8. The van der Waals surface area contributed by atoms with Crippen LogP contribution in [0.2, 0.25) is 0 Å². The van der Waals surface area contributed by atoms with E-state index in [9.17, 15) is 4.79 Å². The highest BCUT2D eigenvalue weighted by molar-refractivity contribution is 14.0. The molecule has 1 aliphatic heterocycles. The fourth-order valence-electron chi connectivity index (χ4n) is 2.90. The number of nitrogens with one attached hydrogen (secondary N) is 3. The summed E-state index contributed by atoms with van der Waals surface area (Å²) in [6.45, 7) is 8.08. The number of carbonyl (C=O) groups is 1. The van der Waals surface area contributed by atoms with Crippen LogP contribution in [-0.2, 0) is 4.79 Å². The Hall–Kier alpha value is -1.51. The first-order valence-corrected chi connectivity index (χ1v) is 9.34. The van der Waals surface area contributed by atoms with Gasteiger partial charge in [-0.2, -0.15) is 0 Å². The molecule has 26 heavy (non-hydrogen) atoms. The molecule has 0 bridgehead atoms.